The predicted octanol–water partition coefficient (Wildman–Crippen LogP) is 3.18. The minimum absolute atomic E-state index is 0.966. The van der Waals surface area contributed by atoms with Crippen molar-refractivity contribution in [1.29, 1.82) is 0 Å². The molecule has 0 unspecified atom stereocenters. The van der Waals surface area contributed by atoms with Gasteiger partial charge in [0.15, 0.2) is 0 Å². The van der Waals surface area contributed by atoms with Crippen molar-refractivity contribution in [2.45, 2.75) is 13.8 Å². The summed E-state index contributed by atoms with van der Waals surface area (Å²) in [5.41, 5.74) is 1.93. The van der Waals surface area contributed by atoms with Crippen molar-refractivity contribution in [1.82, 2.24) is 0 Å². The smallest absolute Gasteiger partial charge is 0.0903 e. The van der Waals surface area contributed by atoms with Gasteiger partial charge in [0.1, 0.15) is 0 Å². The minimum Gasteiger partial charge on any atom is -0.473 e. The Balaban J connectivity index is 3.57. The third-order valence-electron chi connectivity index (χ3n) is 0.862. The van der Waals surface area contributed by atoms with E-state index in [2.05, 4.69) is 13.2 Å². The lowest BCUT2D eigenvalue weighted by atomic mass is 10.3. The van der Waals surface area contributed by atoms with Crippen molar-refractivity contribution in [2.75, 3.05) is 0 Å². The van der Waals surface area contributed by atoms with Crippen molar-refractivity contribution >= 4 is 0 Å². The SMILES string of the molecule is C=C(C)C=COC=CC(=C)C. The summed E-state index contributed by atoms with van der Waals surface area (Å²) in [5.74, 6) is 0. The number of allylic oxidation sites excluding steroid dienone is 4. The molecule has 0 aliphatic carbocycles. The van der Waals surface area contributed by atoms with Gasteiger partial charge in [0.2, 0.25) is 0 Å². The van der Waals surface area contributed by atoms with Gasteiger partial charge in [-0.25, -0.2) is 0 Å². The number of rotatable bonds is 4. The quantitative estimate of drug-likeness (QED) is 0.441. The zero-order chi connectivity index (χ0) is 8.69. The number of hydrogen-bond donors (Lipinski definition) is 0. The van der Waals surface area contributed by atoms with E-state index in [1.54, 1.807) is 24.7 Å². The Hall–Kier alpha value is -1.24. The highest BCUT2D eigenvalue weighted by Crippen LogP contribution is 1.92. The van der Waals surface area contributed by atoms with Crippen molar-refractivity contribution in [2.24, 2.45) is 0 Å². The van der Waals surface area contributed by atoms with Gasteiger partial charge in [-0.2, -0.15) is 0 Å². The summed E-state index contributed by atoms with van der Waals surface area (Å²) >= 11 is 0. The van der Waals surface area contributed by atoms with Crippen LogP contribution in [0.3, 0.4) is 0 Å². The van der Waals surface area contributed by atoms with Crippen LogP contribution >= 0.6 is 0 Å². The lowest BCUT2D eigenvalue weighted by Crippen LogP contribution is -1.68. The fourth-order valence-corrected chi connectivity index (χ4v) is 0.356. The van der Waals surface area contributed by atoms with Gasteiger partial charge in [0.05, 0.1) is 12.5 Å². The molecule has 0 aromatic heterocycles. The summed E-state index contributed by atoms with van der Waals surface area (Å²) in [6.45, 7) is 11.2. The van der Waals surface area contributed by atoms with Gasteiger partial charge in [-0.3, -0.25) is 0 Å². The molecule has 0 heterocycles. The molecule has 0 saturated carbocycles. The maximum atomic E-state index is 4.97. The first kappa shape index (κ1) is 9.76. The van der Waals surface area contributed by atoms with Crippen LogP contribution in [0.4, 0.5) is 0 Å². The number of hydrogen-bond acceptors (Lipinski definition) is 1. The molecule has 0 aliphatic heterocycles. The van der Waals surface area contributed by atoms with Gasteiger partial charge in [-0.15, -0.1) is 0 Å². The molecule has 0 bridgehead atoms. The van der Waals surface area contributed by atoms with Gasteiger partial charge >= 0.3 is 0 Å². The van der Waals surface area contributed by atoms with Crippen LogP contribution in [0.2, 0.25) is 0 Å². The van der Waals surface area contributed by atoms with Crippen molar-refractivity contribution in [3.63, 3.8) is 0 Å². The molecule has 0 N–H and O–H groups in total. The van der Waals surface area contributed by atoms with Crippen LogP contribution < -0.4 is 0 Å². The second kappa shape index (κ2) is 5.54. The first-order chi connectivity index (χ1) is 5.13. The molecule has 0 aromatic carbocycles. The summed E-state index contributed by atoms with van der Waals surface area (Å²) in [7, 11) is 0. The van der Waals surface area contributed by atoms with Crippen molar-refractivity contribution in [3.05, 3.63) is 49.0 Å². The highest BCUT2D eigenvalue weighted by atomic mass is 16.5. The Bertz CT molecular complexity index is 175. The molecule has 1 nitrogen and oxygen atoms in total. The molecule has 0 aromatic rings. The molecular weight excluding hydrogens is 136 g/mol. The summed E-state index contributed by atoms with van der Waals surface area (Å²) < 4.78 is 4.97. The molecule has 0 saturated heterocycles. The van der Waals surface area contributed by atoms with Gasteiger partial charge in [-0.1, -0.05) is 24.3 Å². The molecule has 0 aliphatic rings. The summed E-state index contributed by atoms with van der Waals surface area (Å²) in [6.07, 6.45) is 6.76. The second-order valence-corrected chi connectivity index (χ2v) is 2.43. The van der Waals surface area contributed by atoms with E-state index in [1.165, 1.54) is 0 Å². The van der Waals surface area contributed by atoms with Crippen molar-refractivity contribution < 1.29 is 4.74 Å². The lowest BCUT2D eigenvalue weighted by Gasteiger charge is -1.89. The van der Waals surface area contributed by atoms with E-state index in [1.807, 2.05) is 13.8 Å². The van der Waals surface area contributed by atoms with Gasteiger partial charge < -0.3 is 4.74 Å². The lowest BCUT2D eigenvalue weighted by molar-refractivity contribution is 0.402. The predicted molar refractivity (Wildman–Crippen MR) is 49.0 cm³/mol. The molecule has 0 amide bonds. The second-order valence-electron chi connectivity index (χ2n) is 2.43. The van der Waals surface area contributed by atoms with Gasteiger partial charge in [0.25, 0.3) is 0 Å². The first-order valence-electron chi connectivity index (χ1n) is 3.42. The van der Waals surface area contributed by atoms with E-state index in [-0.39, 0.29) is 0 Å². The molecule has 0 radical (unpaired) electrons. The molecule has 0 fully saturated rings. The molecule has 0 atom stereocenters. The average molecular weight is 150 g/mol. The Morgan fingerprint density at radius 1 is 1.00 bits per heavy atom. The van der Waals surface area contributed by atoms with Crippen LogP contribution in [0.15, 0.2) is 49.0 Å². The van der Waals surface area contributed by atoms with Gasteiger partial charge in [-0.05, 0) is 26.0 Å². The topological polar surface area (TPSA) is 9.23 Å². The fraction of sp³-hybridized carbons (Fsp3) is 0.200. The minimum atomic E-state index is 0.966. The zero-order valence-corrected chi connectivity index (χ0v) is 7.13. The Morgan fingerprint density at radius 2 is 1.36 bits per heavy atom. The summed E-state index contributed by atoms with van der Waals surface area (Å²) in [4.78, 5) is 0. The van der Waals surface area contributed by atoms with Crippen LogP contribution in [0, 0.1) is 0 Å². The fourth-order valence-electron chi connectivity index (χ4n) is 0.356. The van der Waals surface area contributed by atoms with E-state index in [0.29, 0.717) is 0 Å². The normalized spacial score (nSPS) is 10.7. The molecule has 11 heavy (non-hydrogen) atoms. The third-order valence-corrected chi connectivity index (χ3v) is 0.862. The van der Waals surface area contributed by atoms with E-state index < -0.39 is 0 Å². The monoisotopic (exact) mass is 150 g/mol. The highest BCUT2D eigenvalue weighted by molar-refractivity contribution is 5.11. The van der Waals surface area contributed by atoms with E-state index >= 15 is 0 Å². The Morgan fingerprint density at radius 3 is 1.64 bits per heavy atom. The van der Waals surface area contributed by atoms with Crippen LogP contribution in [0.1, 0.15) is 13.8 Å². The molecule has 0 rings (SSSR count). The van der Waals surface area contributed by atoms with E-state index in [9.17, 15) is 0 Å². The van der Waals surface area contributed by atoms with Crippen LogP contribution in [-0.4, -0.2) is 0 Å². The highest BCUT2D eigenvalue weighted by Gasteiger charge is 1.73. The van der Waals surface area contributed by atoms with E-state index in [0.717, 1.165) is 11.1 Å². The molecule has 1 heteroatoms. The summed E-state index contributed by atoms with van der Waals surface area (Å²) in [5, 5.41) is 0. The number of ether oxygens (including phenoxy) is 1. The Kier molecular flexibility index (Phi) is 4.91. The summed E-state index contributed by atoms with van der Waals surface area (Å²) in [6, 6.07) is 0. The van der Waals surface area contributed by atoms with Crippen LogP contribution in [-0.2, 0) is 4.74 Å². The first-order valence-corrected chi connectivity index (χ1v) is 3.42. The maximum Gasteiger partial charge on any atom is 0.0903 e. The van der Waals surface area contributed by atoms with Crippen molar-refractivity contribution in [3.8, 4) is 0 Å². The zero-order valence-electron chi connectivity index (χ0n) is 7.13. The Labute approximate surface area is 68.4 Å². The van der Waals surface area contributed by atoms with E-state index in [4.69, 9.17) is 4.74 Å². The molecule has 60 valence electrons. The standard InChI is InChI=1S/C10H14O/c1-9(2)5-7-11-8-6-10(3)4/h5-8H,1,3H2,2,4H3. The van der Waals surface area contributed by atoms with Crippen LogP contribution in [0.5, 0.6) is 0 Å². The maximum absolute atomic E-state index is 4.97. The van der Waals surface area contributed by atoms with Crippen LogP contribution in [0.25, 0.3) is 0 Å². The molecule has 0 spiro atoms. The largest absolute Gasteiger partial charge is 0.473 e. The van der Waals surface area contributed by atoms with Gasteiger partial charge in [0, 0.05) is 0 Å². The third kappa shape index (κ3) is 8.76. The molecular formula is C10H14O. The average Bonchev–Trinajstić information content (AvgIpc) is 1.85.